The highest BCUT2D eigenvalue weighted by atomic mass is 32.2. The minimum absolute atomic E-state index is 0.0761. The van der Waals surface area contributed by atoms with Crippen molar-refractivity contribution in [2.45, 2.75) is 52.0 Å². The number of hydrogen-bond donors (Lipinski definition) is 0. The van der Waals surface area contributed by atoms with E-state index in [0.29, 0.717) is 36.6 Å². The van der Waals surface area contributed by atoms with E-state index in [1.54, 1.807) is 6.20 Å². The van der Waals surface area contributed by atoms with E-state index in [1.807, 2.05) is 4.90 Å². The molecule has 2 fully saturated rings. The van der Waals surface area contributed by atoms with Gasteiger partial charge in [0.2, 0.25) is 0 Å². The lowest BCUT2D eigenvalue weighted by Crippen LogP contribution is -2.35. The van der Waals surface area contributed by atoms with Gasteiger partial charge < -0.3 is 4.90 Å². The minimum atomic E-state index is -0.801. The average molecular weight is 337 g/mol. The topological polar surface area (TPSA) is 55.2 Å². The second kappa shape index (κ2) is 6.75. The molecule has 1 aromatic heterocycles. The van der Waals surface area contributed by atoms with Gasteiger partial charge in [0.25, 0.3) is 5.91 Å². The number of amides is 1. The largest absolute Gasteiger partial charge is 0.337 e. The summed E-state index contributed by atoms with van der Waals surface area (Å²) < 4.78 is 13.9. The van der Waals surface area contributed by atoms with E-state index in [4.69, 9.17) is 0 Å². The maximum Gasteiger partial charge on any atom is 0.257 e. The molecule has 23 heavy (non-hydrogen) atoms. The van der Waals surface area contributed by atoms with Crippen LogP contribution in [0.15, 0.2) is 6.20 Å². The lowest BCUT2D eigenvalue weighted by atomic mass is 10.1. The molecule has 0 aromatic carbocycles. The Kier molecular flexibility index (Phi) is 4.90. The van der Waals surface area contributed by atoms with Gasteiger partial charge in [-0.25, -0.2) is 0 Å². The zero-order chi connectivity index (χ0) is 16.6. The normalized spacial score (nSPS) is 26.8. The van der Waals surface area contributed by atoms with Crippen LogP contribution in [-0.4, -0.2) is 49.4 Å². The van der Waals surface area contributed by atoms with Crippen molar-refractivity contribution in [2.75, 3.05) is 24.6 Å². The van der Waals surface area contributed by atoms with Crippen molar-refractivity contribution in [1.82, 2.24) is 14.7 Å². The second-order valence-electron chi connectivity index (χ2n) is 7.09. The molecule has 3 rings (SSSR count). The van der Waals surface area contributed by atoms with Gasteiger partial charge in [-0.1, -0.05) is 13.8 Å². The van der Waals surface area contributed by atoms with Crippen LogP contribution in [0.3, 0.4) is 0 Å². The van der Waals surface area contributed by atoms with Gasteiger partial charge in [-0.15, -0.1) is 0 Å². The molecule has 1 aliphatic carbocycles. The molecular formula is C17H27N3O2S. The van der Waals surface area contributed by atoms with Gasteiger partial charge in [0.05, 0.1) is 17.5 Å². The Balaban J connectivity index is 1.87. The molecule has 0 N–H and O–H groups in total. The fourth-order valence-electron chi connectivity index (χ4n) is 3.31. The molecule has 2 heterocycles. The summed E-state index contributed by atoms with van der Waals surface area (Å²) in [6, 6.07) is 0.322. The van der Waals surface area contributed by atoms with Gasteiger partial charge in [0.15, 0.2) is 0 Å². The van der Waals surface area contributed by atoms with Gasteiger partial charge in [0, 0.05) is 47.4 Å². The number of carbonyl (C=O) groups excluding carboxylic acids is 1. The summed E-state index contributed by atoms with van der Waals surface area (Å²) in [4.78, 5) is 14.9. The Labute approximate surface area is 140 Å². The standard InChI is InChI=1S/C17H27N3O2S/c1-4-13(3)20-16(14-5-6-14)15(9-18-20)17(21)19-7-8-23(22)11-12(2)10-19/h9,12-14H,4-8,10-11H2,1-3H3. The third-order valence-corrected chi connectivity index (χ3v) is 6.49. The summed E-state index contributed by atoms with van der Waals surface area (Å²) >= 11 is 0. The van der Waals surface area contributed by atoms with Crippen molar-refractivity contribution < 1.29 is 9.00 Å². The third-order valence-electron chi connectivity index (χ3n) is 4.92. The summed E-state index contributed by atoms with van der Waals surface area (Å²) in [6.45, 7) is 7.67. The van der Waals surface area contributed by atoms with E-state index in [-0.39, 0.29) is 11.8 Å². The first-order chi connectivity index (χ1) is 11.0. The molecule has 2 aliphatic rings. The van der Waals surface area contributed by atoms with E-state index < -0.39 is 10.8 Å². The number of nitrogens with zero attached hydrogens (tertiary/aromatic N) is 3. The molecule has 1 aliphatic heterocycles. The van der Waals surface area contributed by atoms with E-state index in [2.05, 4.69) is 30.6 Å². The highest BCUT2D eigenvalue weighted by Crippen LogP contribution is 2.43. The van der Waals surface area contributed by atoms with Crippen LogP contribution in [0.2, 0.25) is 0 Å². The molecule has 3 unspecified atom stereocenters. The molecule has 1 aromatic rings. The van der Waals surface area contributed by atoms with Crippen LogP contribution in [-0.2, 0) is 10.8 Å². The van der Waals surface area contributed by atoms with Crippen LogP contribution < -0.4 is 0 Å². The first kappa shape index (κ1) is 16.7. The Morgan fingerprint density at radius 1 is 1.48 bits per heavy atom. The first-order valence-electron chi connectivity index (χ1n) is 8.72. The summed E-state index contributed by atoms with van der Waals surface area (Å²) in [5.74, 6) is 2.15. The van der Waals surface area contributed by atoms with Crippen LogP contribution in [0, 0.1) is 5.92 Å². The smallest absolute Gasteiger partial charge is 0.257 e. The van der Waals surface area contributed by atoms with Crippen molar-refractivity contribution in [1.29, 1.82) is 0 Å². The maximum atomic E-state index is 13.1. The lowest BCUT2D eigenvalue weighted by molar-refractivity contribution is 0.0750. The second-order valence-corrected chi connectivity index (χ2v) is 8.71. The number of aromatic nitrogens is 2. The molecule has 0 radical (unpaired) electrons. The van der Waals surface area contributed by atoms with Crippen molar-refractivity contribution in [3.63, 3.8) is 0 Å². The van der Waals surface area contributed by atoms with Gasteiger partial charge in [-0.2, -0.15) is 5.10 Å². The maximum absolute atomic E-state index is 13.1. The van der Waals surface area contributed by atoms with E-state index in [9.17, 15) is 9.00 Å². The number of rotatable bonds is 4. The minimum Gasteiger partial charge on any atom is -0.337 e. The quantitative estimate of drug-likeness (QED) is 0.848. The SMILES string of the molecule is CCC(C)n1ncc(C(=O)N2CCS(=O)CC(C)C2)c1C1CC1. The van der Waals surface area contributed by atoms with E-state index in [1.165, 1.54) is 0 Å². The summed E-state index contributed by atoms with van der Waals surface area (Å²) in [5, 5.41) is 4.53. The fraction of sp³-hybridized carbons (Fsp3) is 0.765. The van der Waals surface area contributed by atoms with Crippen LogP contribution >= 0.6 is 0 Å². The van der Waals surface area contributed by atoms with Crippen molar-refractivity contribution in [3.05, 3.63) is 17.5 Å². The number of carbonyl (C=O) groups is 1. The molecule has 1 amide bonds. The van der Waals surface area contributed by atoms with Crippen molar-refractivity contribution in [2.24, 2.45) is 5.92 Å². The zero-order valence-corrected chi connectivity index (χ0v) is 15.1. The summed E-state index contributed by atoms with van der Waals surface area (Å²) in [7, 11) is -0.801. The van der Waals surface area contributed by atoms with E-state index in [0.717, 1.165) is 30.5 Å². The van der Waals surface area contributed by atoms with Gasteiger partial charge >= 0.3 is 0 Å². The molecule has 5 nitrogen and oxygen atoms in total. The lowest BCUT2D eigenvalue weighted by Gasteiger charge is -2.23. The molecule has 0 spiro atoms. The highest BCUT2D eigenvalue weighted by molar-refractivity contribution is 7.85. The van der Waals surface area contributed by atoms with Crippen LogP contribution in [0.4, 0.5) is 0 Å². The zero-order valence-electron chi connectivity index (χ0n) is 14.3. The van der Waals surface area contributed by atoms with Crippen LogP contribution in [0.5, 0.6) is 0 Å². The first-order valence-corrected chi connectivity index (χ1v) is 10.2. The molecule has 3 atom stereocenters. The molecular weight excluding hydrogens is 310 g/mol. The molecule has 128 valence electrons. The van der Waals surface area contributed by atoms with E-state index >= 15 is 0 Å². The van der Waals surface area contributed by atoms with Crippen molar-refractivity contribution in [3.8, 4) is 0 Å². The highest BCUT2D eigenvalue weighted by Gasteiger charge is 2.35. The third kappa shape index (κ3) is 3.52. The Hall–Kier alpha value is -1.17. The van der Waals surface area contributed by atoms with Gasteiger partial charge in [-0.05, 0) is 32.1 Å². The monoisotopic (exact) mass is 337 g/mol. The average Bonchev–Trinajstić information content (AvgIpc) is 3.30. The predicted octanol–water partition coefficient (Wildman–Crippen LogP) is 2.57. The molecule has 6 heteroatoms. The van der Waals surface area contributed by atoms with Crippen molar-refractivity contribution >= 4 is 16.7 Å². The summed E-state index contributed by atoms with van der Waals surface area (Å²) in [6.07, 6.45) is 5.08. The van der Waals surface area contributed by atoms with Crippen LogP contribution in [0.25, 0.3) is 0 Å². The summed E-state index contributed by atoms with van der Waals surface area (Å²) in [5.41, 5.74) is 1.90. The van der Waals surface area contributed by atoms with Gasteiger partial charge in [0.1, 0.15) is 0 Å². The Morgan fingerprint density at radius 3 is 2.87 bits per heavy atom. The Bertz CT molecular complexity index is 609. The predicted molar refractivity (Wildman–Crippen MR) is 92.1 cm³/mol. The molecule has 1 saturated carbocycles. The van der Waals surface area contributed by atoms with Gasteiger partial charge in [-0.3, -0.25) is 13.7 Å². The fourth-order valence-corrected chi connectivity index (χ4v) is 4.64. The molecule has 1 saturated heterocycles. The number of hydrogen-bond acceptors (Lipinski definition) is 3. The molecule has 0 bridgehead atoms. The Morgan fingerprint density at radius 2 is 2.22 bits per heavy atom. The van der Waals surface area contributed by atoms with Crippen LogP contribution in [0.1, 0.15) is 68.0 Å².